The molecule has 0 bridgehead atoms. The molecule has 0 spiro atoms. The van der Waals surface area contributed by atoms with Gasteiger partial charge in [0.15, 0.2) is 5.69 Å². The fourth-order valence-corrected chi connectivity index (χ4v) is 2.68. The number of aryl methyl sites for hydroxylation is 1. The number of rotatable bonds is 3. The highest BCUT2D eigenvalue weighted by Crippen LogP contribution is 2.24. The van der Waals surface area contributed by atoms with E-state index in [1.165, 1.54) is 22.7 Å². The quantitative estimate of drug-likeness (QED) is 0.921. The van der Waals surface area contributed by atoms with E-state index >= 15 is 0 Å². The summed E-state index contributed by atoms with van der Waals surface area (Å²) in [4.78, 5) is 24.6. The molecule has 1 N–H and O–H groups in total. The van der Waals surface area contributed by atoms with Crippen LogP contribution in [0.3, 0.4) is 0 Å². The summed E-state index contributed by atoms with van der Waals surface area (Å²) >= 11 is 0. The predicted octanol–water partition coefficient (Wildman–Crippen LogP) is 1.65. The standard InChI is InChI=1S/C15H14F2N4O3/c1-8-4-12(17)10(5-11(8)16)14(22)20-3-2-9(6-20)21-7-13(15(23)24)18-19-21/h4-5,7,9H,2-3,6H2,1H3,(H,23,24). The third-order valence-electron chi connectivity index (χ3n) is 4.03. The molecule has 1 aliphatic heterocycles. The molecule has 1 saturated heterocycles. The van der Waals surface area contributed by atoms with E-state index < -0.39 is 23.5 Å². The summed E-state index contributed by atoms with van der Waals surface area (Å²) in [6.07, 6.45) is 1.80. The first-order chi connectivity index (χ1) is 11.4. The van der Waals surface area contributed by atoms with E-state index in [-0.39, 0.29) is 29.4 Å². The molecule has 0 aliphatic carbocycles. The Morgan fingerprint density at radius 1 is 1.29 bits per heavy atom. The Morgan fingerprint density at radius 2 is 2.04 bits per heavy atom. The molecule has 1 unspecified atom stereocenters. The Bertz CT molecular complexity index is 821. The Labute approximate surface area is 135 Å². The van der Waals surface area contributed by atoms with Gasteiger partial charge in [0.05, 0.1) is 17.8 Å². The van der Waals surface area contributed by atoms with Crippen LogP contribution in [0.1, 0.15) is 38.9 Å². The summed E-state index contributed by atoms with van der Waals surface area (Å²) in [6, 6.07) is 1.64. The second kappa shape index (κ2) is 5.99. The monoisotopic (exact) mass is 336 g/mol. The number of aromatic nitrogens is 3. The highest BCUT2D eigenvalue weighted by atomic mass is 19.1. The normalized spacial score (nSPS) is 17.3. The molecule has 1 aromatic heterocycles. The van der Waals surface area contributed by atoms with Crippen molar-refractivity contribution >= 4 is 11.9 Å². The van der Waals surface area contributed by atoms with Crippen LogP contribution in [-0.4, -0.2) is 50.0 Å². The minimum Gasteiger partial charge on any atom is -0.476 e. The zero-order valence-electron chi connectivity index (χ0n) is 12.7. The van der Waals surface area contributed by atoms with Gasteiger partial charge in [0.1, 0.15) is 11.6 Å². The van der Waals surface area contributed by atoms with E-state index in [4.69, 9.17) is 5.11 Å². The van der Waals surface area contributed by atoms with Crippen molar-refractivity contribution in [3.63, 3.8) is 0 Å². The van der Waals surface area contributed by atoms with Crippen LogP contribution in [0.15, 0.2) is 18.3 Å². The van der Waals surface area contributed by atoms with E-state index in [1.807, 2.05) is 0 Å². The highest BCUT2D eigenvalue weighted by molar-refractivity contribution is 5.94. The minimum absolute atomic E-state index is 0.132. The molecule has 0 saturated carbocycles. The molecule has 0 radical (unpaired) electrons. The first-order valence-corrected chi connectivity index (χ1v) is 7.27. The molecule has 7 nitrogen and oxygen atoms in total. The SMILES string of the molecule is Cc1cc(F)c(C(=O)N2CCC(n3cc(C(=O)O)nn3)C2)cc1F. The number of carboxylic acid groups (broad SMARTS) is 1. The fourth-order valence-electron chi connectivity index (χ4n) is 2.68. The van der Waals surface area contributed by atoms with Gasteiger partial charge in [0.25, 0.3) is 5.91 Å². The Morgan fingerprint density at radius 3 is 2.71 bits per heavy atom. The molecule has 1 aromatic carbocycles. The van der Waals surface area contributed by atoms with Crippen LogP contribution in [0.25, 0.3) is 0 Å². The number of likely N-dealkylation sites (tertiary alicyclic amines) is 1. The summed E-state index contributed by atoms with van der Waals surface area (Å²) in [5, 5.41) is 16.1. The van der Waals surface area contributed by atoms with Crippen molar-refractivity contribution in [1.82, 2.24) is 19.9 Å². The molecule has 126 valence electrons. The Kier molecular flexibility index (Phi) is 4.00. The van der Waals surface area contributed by atoms with Crippen molar-refractivity contribution in [2.45, 2.75) is 19.4 Å². The van der Waals surface area contributed by atoms with Crippen LogP contribution in [0.2, 0.25) is 0 Å². The highest BCUT2D eigenvalue weighted by Gasteiger charge is 2.30. The van der Waals surface area contributed by atoms with Gasteiger partial charge >= 0.3 is 5.97 Å². The smallest absolute Gasteiger partial charge is 0.358 e. The van der Waals surface area contributed by atoms with Crippen molar-refractivity contribution in [2.75, 3.05) is 13.1 Å². The van der Waals surface area contributed by atoms with Gasteiger partial charge in [0, 0.05) is 13.1 Å². The van der Waals surface area contributed by atoms with Crippen LogP contribution < -0.4 is 0 Å². The number of benzene rings is 1. The molecule has 9 heteroatoms. The topological polar surface area (TPSA) is 88.3 Å². The zero-order chi connectivity index (χ0) is 17.4. The van der Waals surface area contributed by atoms with Crippen LogP contribution in [0.4, 0.5) is 8.78 Å². The molecule has 3 rings (SSSR count). The fraction of sp³-hybridized carbons (Fsp3) is 0.333. The molecular weight excluding hydrogens is 322 g/mol. The number of nitrogens with zero attached hydrogens (tertiary/aromatic N) is 4. The second-order valence-electron chi connectivity index (χ2n) is 5.66. The Hall–Kier alpha value is -2.84. The second-order valence-corrected chi connectivity index (χ2v) is 5.66. The third kappa shape index (κ3) is 2.84. The van der Waals surface area contributed by atoms with Crippen LogP contribution in [-0.2, 0) is 0 Å². The van der Waals surface area contributed by atoms with Crippen molar-refractivity contribution in [2.24, 2.45) is 0 Å². The lowest BCUT2D eigenvalue weighted by Crippen LogP contribution is -2.30. The van der Waals surface area contributed by atoms with Gasteiger partial charge < -0.3 is 10.0 Å². The number of aromatic carboxylic acids is 1. The van der Waals surface area contributed by atoms with Gasteiger partial charge in [-0.25, -0.2) is 18.3 Å². The van der Waals surface area contributed by atoms with Crippen LogP contribution in [0.5, 0.6) is 0 Å². The van der Waals surface area contributed by atoms with Gasteiger partial charge in [-0.05, 0) is 31.0 Å². The largest absolute Gasteiger partial charge is 0.476 e. The van der Waals surface area contributed by atoms with Crippen LogP contribution >= 0.6 is 0 Å². The maximum Gasteiger partial charge on any atom is 0.358 e. The molecule has 1 atom stereocenters. The van der Waals surface area contributed by atoms with Crippen molar-refractivity contribution in [3.05, 3.63) is 46.8 Å². The van der Waals surface area contributed by atoms with Gasteiger partial charge in [-0.1, -0.05) is 5.21 Å². The van der Waals surface area contributed by atoms with Gasteiger partial charge in [-0.3, -0.25) is 4.79 Å². The van der Waals surface area contributed by atoms with Crippen molar-refractivity contribution < 1.29 is 23.5 Å². The number of carboxylic acids is 1. The summed E-state index contributed by atoms with van der Waals surface area (Å²) in [5.41, 5.74) is -0.373. The summed E-state index contributed by atoms with van der Waals surface area (Å²) < 4.78 is 28.9. The lowest BCUT2D eigenvalue weighted by atomic mass is 10.1. The van der Waals surface area contributed by atoms with E-state index in [2.05, 4.69) is 10.3 Å². The van der Waals surface area contributed by atoms with Crippen LogP contribution in [0, 0.1) is 18.6 Å². The summed E-state index contributed by atoms with van der Waals surface area (Å²) in [5.74, 6) is -3.20. The molecule has 1 amide bonds. The number of halogens is 2. The number of carbonyl (C=O) groups is 2. The lowest BCUT2D eigenvalue weighted by molar-refractivity contribution is 0.0689. The summed E-state index contributed by atoms with van der Waals surface area (Å²) in [7, 11) is 0. The minimum atomic E-state index is -1.19. The third-order valence-corrected chi connectivity index (χ3v) is 4.03. The van der Waals surface area contributed by atoms with E-state index in [0.717, 1.165) is 12.1 Å². The first-order valence-electron chi connectivity index (χ1n) is 7.27. The molecule has 24 heavy (non-hydrogen) atoms. The van der Waals surface area contributed by atoms with Crippen molar-refractivity contribution in [3.8, 4) is 0 Å². The molecule has 2 heterocycles. The number of hydrogen-bond donors (Lipinski definition) is 1. The molecule has 1 fully saturated rings. The van der Waals surface area contributed by atoms with E-state index in [9.17, 15) is 18.4 Å². The Balaban J connectivity index is 1.76. The van der Waals surface area contributed by atoms with Gasteiger partial charge in [-0.2, -0.15) is 0 Å². The average Bonchev–Trinajstić information content (AvgIpc) is 3.18. The maximum atomic E-state index is 13.9. The molecule has 1 aliphatic rings. The number of hydrogen-bond acceptors (Lipinski definition) is 4. The van der Waals surface area contributed by atoms with E-state index in [1.54, 1.807) is 0 Å². The summed E-state index contributed by atoms with van der Waals surface area (Å²) in [6.45, 7) is 1.97. The van der Waals surface area contributed by atoms with Crippen molar-refractivity contribution in [1.29, 1.82) is 0 Å². The van der Waals surface area contributed by atoms with E-state index in [0.29, 0.717) is 13.0 Å². The molecular formula is C15H14F2N4O3. The molecule has 2 aromatic rings. The predicted molar refractivity (Wildman–Crippen MR) is 77.6 cm³/mol. The number of amides is 1. The maximum absolute atomic E-state index is 13.9. The lowest BCUT2D eigenvalue weighted by Gasteiger charge is -2.17. The van der Waals surface area contributed by atoms with Gasteiger partial charge in [0.2, 0.25) is 0 Å². The zero-order valence-corrected chi connectivity index (χ0v) is 12.7. The first kappa shape index (κ1) is 16.0. The van der Waals surface area contributed by atoms with Gasteiger partial charge in [-0.15, -0.1) is 5.10 Å². The number of carbonyl (C=O) groups excluding carboxylic acids is 1. The average molecular weight is 336 g/mol.